The van der Waals surface area contributed by atoms with Gasteiger partial charge in [0, 0.05) is 19.4 Å². The Morgan fingerprint density at radius 3 is 2.28 bits per heavy atom. The molecule has 5 heteroatoms. The largest absolute Gasteiger partial charge is 0.622 e. The Labute approximate surface area is 106 Å². The van der Waals surface area contributed by atoms with Gasteiger partial charge in [0.1, 0.15) is 11.8 Å². The average molecular weight is 250 g/mol. The zero-order valence-electron chi connectivity index (χ0n) is 11.0. The van der Waals surface area contributed by atoms with Crippen molar-refractivity contribution in [1.82, 2.24) is 5.06 Å². The highest BCUT2D eigenvalue weighted by atomic mass is 16.6. The van der Waals surface area contributed by atoms with E-state index in [2.05, 4.69) is 0 Å². The Bertz CT molecular complexity index is 480. The molecule has 1 atom stereocenters. The Morgan fingerprint density at radius 1 is 1.33 bits per heavy atom. The molecule has 1 aliphatic rings. The first kappa shape index (κ1) is 12.9. The zero-order chi connectivity index (χ0) is 13.5. The van der Waals surface area contributed by atoms with E-state index in [4.69, 9.17) is 4.74 Å². The van der Waals surface area contributed by atoms with E-state index in [1.165, 1.54) is 0 Å². The van der Waals surface area contributed by atoms with E-state index >= 15 is 0 Å². The van der Waals surface area contributed by atoms with Crippen LogP contribution >= 0.6 is 0 Å². The SMILES string of the molecule is COc1ccc(C2=[N+]([O-])C(C)(C)N(O)C2C)cc1. The Morgan fingerprint density at radius 2 is 1.89 bits per heavy atom. The van der Waals surface area contributed by atoms with E-state index in [0.29, 0.717) is 5.71 Å². The molecule has 0 spiro atoms. The fourth-order valence-electron chi connectivity index (χ4n) is 2.27. The van der Waals surface area contributed by atoms with Crippen LogP contribution in [0.25, 0.3) is 0 Å². The molecule has 0 radical (unpaired) electrons. The monoisotopic (exact) mass is 250 g/mol. The topological polar surface area (TPSA) is 58.8 Å². The Kier molecular flexibility index (Phi) is 3.04. The second kappa shape index (κ2) is 4.26. The van der Waals surface area contributed by atoms with Gasteiger partial charge in [0.25, 0.3) is 0 Å². The first-order valence-electron chi connectivity index (χ1n) is 5.86. The average Bonchev–Trinajstić information content (AvgIpc) is 2.51. The van der Waals surface area contributed by atoms with Gasteiger partial charge in [0.05, 0.1) is 7.11 Å². The predicted octanol–water partition coefficient (Wildman–Crippen LogP) is 1.82. The minimum absolute atomic E-state index is 0.342. The van der Waals surface area contributed by atoms with Gasteiger partial charge >= 0.3 is 0 Å². The summed E-state index contributed by atoms with van der Waals surface area (Å²) in [5.41, 5.74) is 0.405. The number of nitrogens with zero attached hydrogens (tertiary/aromatic N) is 2. The summed E-state index contributed by atoms with van der Waals surface area (Å²) in [4.78, 5) is 0. The number of methoxy groups -OCH3 is 1. The van der Waals surface area contributed by atoms with Crippen molar-refractivity contribution in [2.24, 2.45) is 0 Å². The van der Waals surface area contributed by atoms with Gasteiger partial charge < -0.3 is 15.2 Å². The van der Waals surface area contributed by atoms with Crippen molar-refractivity contribution in [3.63, 3.8) is 0 Å². The molecule has 18 heavy (non-hydrogen) atoms. The summed E-state index contributed by atoms with van der Waals surface area (Å²) >= 11 is 0. The van der Waals surface area contributed by atoms with Crippen LogP contribution in [0.15, 0.2) is 24.3 Å². The van der Waals surface area contributed by atoms with Crippen molar-refractivity contribution in [2.45, 2.75) is 32.5 Å². The third kappa shape index (κ3) is 1.76. The second-order valence-electron chi connectivity index (χ2n) is 4.92. The number of ether oxygens (including phenoxy) is 1. The maximum atomic E-state index is 12.2. The van der Waals surface area contributed by atoms with E-state index in [9.17, 15) is 10.4 Å². The van der Waals surface area contributed by atoms with Gasteiger partial charge in [-0.15, -0.1) is 5.06 Å². The van der Waals surface area contributed by atoms with Crippen molar-refractivity contribution in [3.05, 3.63) is 35.0 Å². The number of hydrogen-bond donors (Lipinski definition) is 1. The summed E-state index contributed by atoms with van der Waals surface area (Å²) < 4.78 is 5.95. The highest BCUT2D eigenvalue weighted by Crippen LogP contribution is 2.27. The smallest absolute Gasteiger partial charge is 0.245 e. The lowest BCUT2D eigenvalue weighted by atomic mass is 10.1. The number of benzene rings is 1. The maximum Gasteiger partial charge on any atom is 0.245 e. The van der Waals surface area contributed by atoms with Gasteiger partial charge in [0.15, 0.2) is 0 Å². The molecule has 0 saturated carbocycles. The summed E-state index contributed by atoms with van der Waals surface area (Å²) in [6, 6.07) is 6.91. The molecule has 98 valence electrons. The van der Waals surface area contributed by atoms with Gasteiger partial charge in [-0.3, -0.25) is 0 Å². The van der Waals surface area contributed by atoms with E-state index in [0.717, 1.165) is 21.1 Å². The van der Waals surface area contributed by atoms with Crippen molar-refractivity contribution >= 4 is 5.71 Å². The maximum absolute atomic E-state index is 12.2. The van der Waals surface area contributed by atoms with Crippen molar-refractivity contribution < 1.29 is 14.7 Å². The van der Waals surface area contributed by atoms with E-state index in [1.54, 1.807) is 40.0 Å². The first-order valence-corrected chi connectivity index (χ1v) is 5.86. The highest BCUT2D eigenvalue weighted by molar-refractivity contribution is 6.01. The standard InChI is InChI=1S/C13H18N2O3/c1-9-12(15(17)13(2,3)14(9)16)10-5-7-11(18-4)8-6-10/h5-9,16H,1-4H3. The molecule has 1 unspecified atom stereocenters. The van der Waals surface area contributed by atoms with Crippen LogP contribution in [0.5, 0.6) is 5.75 Å². The molecule has 0 bridgehead atoms. The first-order chi connectivity index (χ1) is 8.39. The fourth-order valence-corrected chi connectivity index (χ4v) is 2.27. The van der Waals surface area contributed by atoms with Crippen LogP contribution in [0.2, 0.25) is 0 Å². The van der Waals surface area contributed by atoms with Crippen LogP contribution in [-0.2, 0) is 0 Å². The molecule has 1 heterocycles. The molecular formula is C13H18N2O3. The van der Waals surface area contributed by atoms with E-state index in [-0.39, 0.29) is 6.04 Å². The highest BCUT2D eigenvalue weighted by Gasteiger charge is 2.49. The van der Waals surface area contributed by atoms with E-state index in [1.807, 2.05) is 12.1 Å². The van der Waals surface area contributed by atoms with Crippen molar-refractivity contribution in [1.29, 1.82) is 0 Å². The minimum atomic E-state index is -0.950. The molecule has 0 fully saturated rings. The summed E-state index contributed by atoms with van der Waals surface area (Å²) in [5, 5.41) is 23.3. The lowest BCUT2D eigenvalue weighted by molar-refractivity contribution is -0.579. The van der Waals surface area contributed by atoms with Gasteiger partial charge in [-0.2, -0.15) is 4.74 Å². The molecule has 0 saturated heterocycles. The Hall–Kier alpha value is -1.59. The minimum Gasteiger partial charge on any atom is -0.622 e. The molecule has 1 aliphatic heterocycles. The normalized spacial score (nSPS) is 23.5. The molecular weight excluding hydrogens is 232 g/mol. The third-order valence-electron chi connectivity index (χ3n) is 3.42. The lowest BCUT2D eigenvalue weighted by Gasteiger charge is -2.24. The van der Waals surface area contributed by atoms with Gasteiger partial charge in [-0.05, 0) is 31.2 Å². The number of hydrogen-bond acceptors (Lipinski definition) is 4. The molecule has 1 aromatic carbocycles. The molecule has 5 nitrogen and oxygen atoms in total. The van der Waals surface area contributed by atoms with Crippen LogP contribution in [0.4, 0.5) is 0 Å². The molecule has 1 aromatic rings. The van der Waals surface area contributed by atoms with E-state index < -0.39 is 5.66 Å². The molecule has 0 aliphatic carbocycles. The predicted molar refractivity (Wildman–Crippen MR) is 67.9 cm³/mol. The molecule has 0 aromatic heterocycles. The molecule has 2 rings (SSSR count). The summed E-state index contributed by atoms with van der Waals surface area (Å²) in [5.74, 6) is 0.738. The van der Waals surface area contributed by atoms with Crippen LogP contribution in [0.1, 0.15) is 26.3 Å². The van der Waals surface area contributed by atoms with Gasteiger partial charge in [0.2, 0.25) is 11.4 Å². The third-order valence-corrected chi connectivity index (χ3v) is 3.42. The van der Waals surface area contributed by atoms with Crippen LogP contribution < -0.4 is 4.74 Å². The summed E-state index contributed by atoms with van der Waals surface area (Å²) in [7, 11) is 1.60. The lowest BCUT2D eigenvalue weighted by Crippen LogP contribution is -2.45. The summed E-state index contributed by atoms with van der Waals surface area (Å²) in [6.45, 7) is 5.18. The molecule has 0 amide bonds. The summed E-state index contributed by atoms with van der Waals surface area (Å²) in [6.07, 6.45) is 0. The number of hydroxylamine groups is 3. The molecule has 1 N–H and O–H groups in total. The van der Waals surface area contributed by atoms with Crippen LogP contribution in [0, 0.1) is 5.21 Å². The fraction of sp³-hybridized carbons (Fsp3) is 0.462. The zero-order valence-corrected chi connectivity index (χ0v) is 11.0. The quantitative estimate of drug-likeness (QED) is 0.642. The van der Waals surface area contributed by atoms with Crippen LogP contribution in [0.3, 0.4) is 0 Å². The van der Waals surface area contributed by atoms with Crippen molar-refractivity contribution in [3.8, 4) is 5.75 Å². The van der Waals surface area contributed by atoms with Crippen molar-refractivity contribution in [2.75, 3.05) is 7.11 Å². The Balaban J connectivity index is 2.46. The van der Waals surface area contributed by atoms with Gasteiger partial charge in [-0.25, -0.2) is 0 Å². The second-order valence-corrected chi connectivity index (χ2v) is 4.92. The van der Waals surface area contributed by atoms with Crippen LogP contribution in [-0.4, -0.2) is 39.5 Å². The number of rotatable bonds is 2. The van der Waals surface area contributed by atoms with Gasteiger partial charge in [-0.1, -0.05) is 0 Å².